The molecule has 0 radical (unpaired) electrons. The maximum atomic E-state index is 12.3. The van der Waals surface area contributed by atoms with Gasteiger partial charge in [0.25, 0.3) is 0 Å². The second-order valence-electron chi connectivity index (χ2n) is 6.70. The Morgan fingerprint density at radius 3 is 2.53 bits per heavy atom. The number of carbonyl (C=O) groups excluding carboxylic acids is 2. The van der Waals surface area contributed by atoms with E-state index in [4.69, 9.17) is 0 Å². The fourth-order valence-corrected chi connectivity index (χ4v) is 5.07. The summed E-state index contributed by atoms with van der Waals surface area (Å²) in [6, 6.07) is 13.0. The molecule has 0 aromatic heterocycles. The molecule has 30 heavy (non-hydrogen) atoms. The van der Waals surface area contributed by atoms with Crippen molar-refractivity contribution in [2.75, 3.05) is 11.1 Å². The van der Waals surface area contributed by atoms with Crippen LogP contribution in [0.3, 0.4) is 0 Å². The Labute approximate surface area is 195 Å². The van der Waals surface area contributed by atoms with Crippen molar-refractivity contribution in [2.45, 2.75) is 19.3 Å². The molecule has 1 unspecified atom stereocenters. The van der Waals surface area contributed by atoms with E-state index >= 15 is 0 Å². The van der Waals surface area contributed by atoms with Gasteiger partial charge in [0, 0.05) is 18.0 Å². The molecule has 154 valence electrons. The number of phenols is 1. The predicted octanol–water partition coefficient (Wildman–Crippen LogP) is 4.94. The van der Waals surface area contributed by atoms with E-state index in [0.717, 1.165) is 17.3 Å². The number of phenolic OH excluding ortho intramolecular Hbond substituents is 1. The van der Waals surface area contributed by atoms with Crippen molar-refractivity contribution in [1.82, 2.24) is 5.32 Å². The largest absolute Gasteiger partial charge is 0.506 e. The maximum Gasteiger partial charge on any atom is 0.234 e. The van der Waals surface area contributed by atoms with Gasteiger partial charge in [-0.25, -0.2) is 0 Å². The van der Waals surface area contributed by atoms with Crippen LogP contribution >= 0.6 is 43.6 Å². The average molecular weight is 551 g/mol. The van der Waals surface area contributed by atoms with Gasteiger partial charge in [-0.2, -0.15) is 5.26 Å². The van der Waals surface area contributed by atoms with Gasteiger partial charge in [-0.1, -0.05) is 29.5 Å². The minimum Gasteiger partial charge on any atom is -0.506 e. The molecular weight excluding hydrogens is 534 g/mol. The highest BCUT2D eigenvalue weighted by Crippen LogP contribution is 2.41. The second-order valence-corrected chi connectivity index (χ2v) is 9.39. The molecule has 2 aromatic carbocycles. The van der Waals surface area contributed by atoms with Gasteiger partial charge in [0.15, 0.2) is 0 Å². The highest BCUT2D eigenvalue weighted by molar-refractivity contribution is 9.11. The van der Waals surface area contributed by atoms with Crippen LogP contribution in [0.1, 0.15) is 23.5 Å². The van der Waals surface area contributed by atoms with Crippen LogP contribution in [0.4, 0.5) is 5.69 Å². The molecule has 0 spiro atoms. The van der Waals surface area contributed by atoms with E-state index in [9.17, 15) is 20.0 Å². The van der Waals surface area contributed by atoms with Crippen molar-refractivity contribution in [2.24, 2.45) is 0 Å². The van der Waals surface area contributed by atoms with Crippen molar-refractivity contribution < 1.29 is 14.7 Å². The first-order valence-corrected chi connectivity index (χ1v) is 11.5. The van der Waals surface area contributed by atoms with Gasteiger partial charge in [0.05, 0.1) is 31.4 Å². The number of benzene rings is 2. The molecule has 2 amide bonds. The van der Waals surface area contributed by atoms with E-state index in [2.05, 4.69) is 48.6 Å². The Kier molecular flexibility index (Phi) is 7.23. The number of amides is 2. The lowest BCUT2D eigenvalue weighted by atomic mass is 9.87. The first kappa shape index (κ1) is 22.4. The van der Waals surface area contributed by atoms with Crippen LogP contribution in [0.5, 0.6) is 5.75 Å². The van der Waals surface area contributed by atoms with Crippen LogP contribution in [-0.2, 0) is 9.59 Å². The second kappa shape index (κ2) is 9.69. The topological polar surface area (TPSA) is 102 Å². The van der Waals surface area contributed by atoms with Crippen molar-refractivity contribution in [3.63, 3.8) is 0 Å². The minimum atomic E-state index is -0.473. The molecular formula is C21H17Br2N3O3S. The third kappa shape index (κ3) is 5.25. The molecule has 1 heterocycles. The van der Waals surface area contributed by atoms with Crippen molar-refractivity contribution in [3.05, 3.63) is 67.1 Å². The molecule has 1 atom stereocenters. The van der Waals surface area contributed by atoms with Crippen LogP contribution in [0.15, 0.2) is 55.9 Å². The molecule has 2 aromatic rings. The van der Waals surface area contributed by atoms with E-state index < -0.39 is 5.92 Å². The van der Waals surface area contributed by atoms with Gasteiger partial charge >= 0.3 is 0 Å². The zero-order chi connectivity index (χ0) is 21.8. The van der Waals surface area contributed by atoms with Crippen LogP contribution in [0, 0.1) is 18.3 Å². The van der Waals surface area contributed by atoms with Gasteiger partial charge in [0.2, 0.25) is 11.8 Å². The molecule has 9 heteroatoms. The Balaban J connectivity index is 1.80. The molecule has 0 fully saturated rings. The molecule has 0 saturated carbocycles. The van der Waals surface area contributed by atoms with Gasteiger partial charge in [-0.3, -0.25) is 9.59 Å². The summed E-state index contributed by atoms with van der Waals surface area (Å²) in [5.41, 5.74) is 2.87. The highest BCUT2D eigenvalue weighted by Gasteiger charge is 2.30. The predicted molar refractivity (Wildman–Crippen MR) is 124 cm³/mol. The lowest BCUT2D eigenvalue weighted by molar-refractivity contribution is -0.121. The molecule has 1 aliphatic rings. The quantitative estimate of drug-likeness (QED) is 0.489. The molecule has 0 bridgehead atoms. The number of carbonyl (C=O) groups is 2. The zero-order valence-electron chi connectivity index (χ0n) is 15.8. The number of aromatic hydroxyl groups is 1. The summed E-state index contributed by atoms with van der Waals surface area (Å²) < 4.78 is 0.920. The van der Waals surface area contributed by atoms with Crippen molar-refractivity contribution in [1.29, 1.82) is 5.26 Å². The summed E-state index contributed by atoms with van der Waals surface area (Å²) in [6.45, 7) is 1.96. The molecule has 0 saturated heterocycles. The van der Waals surface area contributed by atoms with Crippen molar-refractivity contribution >= 4 is 61.1 Å². The monoisotopic (exact) mass is 549 g/mol. The van der Waals surface area contributed by atoms with E-state index in [-0.39, 0.29) is 29.7 Å². The smallest absolute Gasteiger partial charge is 0.234 e. The Morgan fingerprint density at radius 1 is 1.30 bits per heavy atom. The fraction of sp³-hybridized carbons (Fsp3) is 0.190. The van der Waals surface area contributed by atoms with Crippen LogP contribution in [0.25, 0.3) is 0 Å². The summed E-state index contributed by atoms with van der Waals surface area (Å²) >= 11 is 7.68. The molecule has 3 rings (SSSR count). The third-order valence-corrected chi connectivity index (χ3v) is 6.71. The number of aryl methyl sites for hydroxylation is 1. The molecule has 6 nitrogen and oxygen atoms in total. The number of allylic oxidation sites excluding steroid dienone is 1. The number of anilines is 1. The average Bonchev–Trinajstić information content (AvgIpc) is 2.71. The number of hydrogen-bond acceptors (Lipinski definition) is 5. The first-order chi connectivity index (χ1) is 14.3. The lowest BCUT2D eigenvalue weighted by Gasteiger charge is -2.25. The molecule has 3 N–H and O–H groups in total. The van der Waals surface area contributed by atoms with Gasteiger partial charge in [0.1, 0.15) is 5.75 Å². The summed E-state index contributed by atoms with van der Waals surface area (Å²) in [4.78, 5) is 24.6. The van der Waals surface area contributed by atoms with E-state index in [1.54, 1.807) is 12.1 Å². The zero-order valence-corrected chi connectivity index (χ0v) is 19.8. The SMILES string of the molecule is Cc1ccc(NC(=O)CSC2=C(C#N)C(c3cc(Br)c(O)c(Br)c3)CC(=O)N2)cc1. The van der Waals surface area contributed by atoms with Crippen molar-refractivity contribution in [3.8, 4) is 11.8 Å². The number of thioether (sulfide) groups is 1. The summed E-state index contributed by atoms with van der Waals surface area (Å²) in [5.74, 6) is -0.853. The van der Waals surface area contributed by atoms with Crippen LogP contribution in [-0.4, -0.2) is 22.7 Å². The number of hydrogen-bond donors (Lipinski definition) is 3. The first-order valence-electron chi connectivity index (χ1n) is 8.89. The summed E-state index contributed by atoms with van der Waals surface area (Å²) in [6.07, 6.45) is 0.103. The van der Waals surface area contributed by atoms with E-state index in [1.807, 2.05) is 31.2 Å². The van der Waals surface area contributed by atoms with E-state index in [0.29, 0.717) is 30.8 Å². The number of halogens is 2. The summed E-state index contributed by atoms with van der Waals surface area (Å²) in [5, 5.41) is 25.6. The summed E-state index contributed by atoms with van der Waals surface area (Å²) in [7, 11) is 0. The Hall–Kier alpha value is -2.28. The third-order valence-electron chi connectivity index (χ3n) is 4.48. The van der Waals surface area contributed by atoms with Gasteiger partial charge in [-0.15, -0.1) is 0 Å². The number of rotatable bonds is 5. The maximum absolute atomic E-state index is 12.3. The highest BCUT2D eigenvalue weighted by atomic mass is 79.9. The lowest BCUT2D eigenvalue weighted by Crippen LogP contribution is -2.31. The normalized spacial score (nSPS) is 16.1. The molecule has 1 aliphatic heterocycles. The molecule has 0 aliphatic carbocycles. The standard InChI is InChI=1S/C21H17Br2N3O3S/c1-11-2-4-13(5-3-11)25-19(28)10-30-21-15(9-24)14(8-18(27)26-21)12-6-16(22)20(29)17(23)7-12/h2-7,14,29H,8,10H2,1H3,(H,25,28)(H,26,27). The number of nitrogens with one attached hydrogen (secondary N) is 2. The van der Waals surface area contributed by atoms with Crippen LogP contribution in [0.2, 0.25) is 0 Å². The van der Waals surface area contributed by atoms with Gasteiger partial charge in [-0.05, 0) is 68.6 Å². The van der Waals surface area contributed by atoms with Crippen LogP contribution < -0.4 is 10.6 Å². The minimum absolute atomic E-state index is 0.0453. The Morgan fingerprint density at radius 2 is 1.93 bits per heavy atom. The van der Waals surface area contributed by atoms with Gasteiger partial charge < -0.3 is 15.7 Å². The van der Waals surface area contributed by atoms with E-state index in [1.165, 1.54) is 0 Å². The number of nitriles is 1. The fourth-order valence-electron chi connectivity index (χ4n) is 2.98. The Bertz CT molecular complexity index is 1050. The number of nitrogens with zero attached hydrogens (tertiary/aromatic N) is 1.